The highest BCUT2D eigenvalue weighted by Gasteiger charge is 2.40. The molecule has 0 bridgehead atoms. The maximum atomic E-state index is 9.64. The molecule has 0 spiro atoms. The first-order valence-electron chi connectivity index (χ1n) is 3.78. The largest absolute Gasteiger partial charge is 0.392 e. The van der Waals surface area contributed by atoms with Gasteiger partial charge in [0.25, 0.3) is 0 Å². The lowest BCUT2D eigenvalue weighted by Gasteiger charge is -2.25. The fraction of sp³-hybridized carbons (Fsp3) is 0.778. The lowest BCUT2D eigenvalue weighted by molar-refractivity contribution is 0.0478. The minimum absolute atomic E-state index is 0.0180. The van der Waals surface area contributed by atoms with Crippen LogP contribution in [0, 0.1) is 11.3 Å². The van der Waals surface area contributed by atoms with E-state index in [1.165, 1.54) is 5.57 Å². The maximum Gasteiger partial charge on any atom is 0.0656 e. The van der Waals surface area contributed by atoms with Gasteiger partial charge in [-0.2, -0.15) is 0 Å². The molecule has 0 amide bonds. The molecule has 0 aromatic carbocycles. The Morgan fingerprint density at radius 2 is 2.00 bits per heavy atom. The maximum absolute atomic E-state index is 9.64. The smallest absolute Gasteiger partial charge is 0.0656 e. The van der Waals surface area contributed by atoms with Crippen LogP contribution in [0.25, 0.3) is 0 Å². The SMILES string of the molecule is C=C1C[C@H]1[C@@H](O)C(C)(C)C. The highest BCUT2D eigenvalue weighted by Crippen LogP contribution is 2.44. The van der Waals surface area contributed by atoms with Crippen LogP contribution in [0.5, 0.6) is 0 Å². The zero-order valence-electron chi connectivity index (χ0n) is 7.02. The van der Waals surface area contributed by atoms with E-state index < -0.39 is 0 Å². The molecule has 0 radical (unpaired) electrons. The van der Waals surface area contributed by atoms with Crippen molar-refractivity contribution < 1.29 is 5.11 Å². The summed E-state index contributed by atoms with van der Waals surface area (Å²) < 4.78 is 0. The molecule has 2 atom stereocenters. The summed E-state index contributed by atoms with van der Waals surface area (Å²) in [6.45, 7) is 10.00. The van der Waals surface area contributed by atoms with Gasteiger partial charge in [0.05, 0.1) is 6.10 Å². The summed E-state index contributed by atoms with van der Waals surface area (Å²) in [5.74, 6) is 0.389. The third-order valence-corrected chi connectivity index (χ3v) is 2.11. The minimum atomic E-state index is -0.194. The second kappa shape index (κ2) is 2.09. The third kappa shape index (κ3) is 1.40. The van der Waals surface area contributed by atoms with Gasteiger partial charge in [-0.05, 0) is 11.8 Å². The molecule has 1 nitrogen and oxygen atoms in total. The van der Waals surface area contributed by atoms with Gasteiger partial charge in [-0.3, -0.25) is 0 Å². The average Bonchev–Trinajstić information content (AvgIpc) is 2.42. The summed E-state index contributed by atoms with van der Waals surface area (Å²) in [6.07, 6.45) is 0.832. The van der Waals surface area contributed by atoms with Crippen LogP contribution in [-0.2, 0) is 0 Å². The number of aliphatic hydroxyl groups is 1. The molecule has 1 fully saturated rings. The van der Waals surface area contributed by atoms with Crippen LogP contribution in [0.15, 0.2) is 12.2 Å². The zero-order chi connectivity index (χ0) is 7.94. The van der Waals surface area contributed by atoms with Gasteiger partial charge < -0.3 is 5.11 Å². The van der Waals surface area contributed by atoms with Crippen molar-refractivity contribution in [1.82, 2.24) is 0 Å². The molecular weight excluding hydrogens is 124 g/mol. The second-order valence-corrected chi connectivity index (χ2v) is 4.28. The molecule has 0 aliphatic heterocycles. The van der Waals surface area contributed by atoms with E-state index in [2.05, 4.69) is 27.4 Å². The Morgan fingerprint density at radius 1 is 1.60 bits per heavy atom. The van der Waals surface area contributed by atoms with Crippen molar-refractivity contribution in [1.29, 1.82) is 0 Å². The molecule has 58 valence electrons. The Labute approximate surface area is 62.8 Å². The summed E-state index contributed by atoms with van der Waals surface area (Å²) in [7, 11) is 0. The molecule has 1 saturated carbocycles. The van der Waals surface area contributed by atoms with E-state index in [1.807, 2.05) is 0 Å². The fourth-order valence-electron chi connectivity index (χ4n) is 1.16. The molecule has 1 heteroatoms. The van der Waals surface area contributed by atoms with Gasteiger partial charge in [0.2, 0.25) is 0 Å². The van der Waals surface area contributed by atoms with Crippen LogP contribution in [0.3, 0.4) is 0 Å². The van der Waals surface area contributed by atoms with E-state index in [1.54, 1.807) is 0 Å². The second-order valence-electron chi connectivity index (χ2n) is 4.28. The van der Waals surface area contributed by atoms with E-state index in [0.717, 1.165) is 6.42 Å². The van der Waals surface area contributed by atoms with Crippen molar-refractivity contribution in [3.8, 4) is 0 Å². The lowest BCUT2D eigenvalue weighted by Crippen LogP contribution is -2.27. The van der Waals surface area contributed by atoms with Gasteiger partial charge in [0.15, 0.2) is 0 Å². The number of hydrogen-bond donors (Lipinski definition) is 1. The topological polar surface area (TPSA) is 20.2 Å². The molecule has 0 heterocycles. The minimum Gasteiger partial charge on any atom is -0.392 e. The summed E-state index contributed by atoms with van der Waals surface area (Å²) in [6, 6.07) is 0. The van der Waals surface area contributed by atoms with Gasteiger partial charge in [0.1, 0.15) is 0 Å². The zero-order valence-corrected chi connectivity index (χ0v) is 7.02. The van der Waals surface area contributed by atoms with Crippen molar-refractivity contribution in [3.05, 3.63) is 12.2 Å². The van der Waals surface area contributed by atoms with Crippen molar-refractivity contribution in [2.75, 3.05) is 0 Å². The summed E-state index contributed by atoms with van der Waals surface area (Å²) in [4.78, 5) is 0. The van der Waals surface area contributed by atoms with Crippen LogP contribution >= 0.6 is 0 Å². The summed E-state index contributed by atoms with van der Waals surface area (Å²) in [5, 5.41) is 9.64. The van der Waals surface area contributed by atoms with Crippen molar-refractivity contribution in [2.24, 2.45) is 11.3 Å². The Kier molecular flexibility index (Phi) is 1.63. The molecule has 0 saturated heterocycles. The molecule has 0 aromatic rings. The van der Waals surface area contributed by atoms with Gasteiger partial charge in [0, 0.05) is 5.92 Å². The molecule has 0 aromatic heterocycles. The number of hydrogen-bond acceptors (Lipinski definition) is 1. The summed E-state index contributed by atoms with van der Waals surface area (Å²) in [5.41, 5.74) is 1.23. The first kappa shape index (κ1) is 7.80. The van der Waals surface area contributed by atoms with Crippen molar-refractivity contribution >= 4 is 0 Å². The molecule has 0 unspecified atom stereocenters. The van der Waals surface area contributed by atoms with Crippen molar-refractivity contribution in [3.63, 3.8) is 0 Å². The van der Waals surface area contributed by atoms with Crippen LogP contribution < -0.4 is 0 Å². The Bertz CT molecular complexity index is 153. The normalized spacial score (nSPS) is 28.4. The number of rotatable bonds is 1. The standard InChI is InChI=1S/C9H16O/c1-6-5-7(6)8(10)9(2,3)4/h7-8,10H,1,5H2,2-4H3/t7-,8-/m1/s1. The first-order chi connectivity index (χ1) is 4.43. The fourth-order valence-corrected chi connectivity index (χ4v) is 1.16. The predicted molar refractivity (Wildman–Crippen MR) is 42.7 cm³/mol. The molecule has 1 aliphatic rings. The Morgan fingerprint density at radius 3 is 2.10 bits per heavy atom. The van der Waals surface area contributed by atoms with Crippen LogP contribution in [0.4, 0.5) is 0 Å². The summed E-state index contributed by atoms with van der Waals surface area (Å²) >= 11 is 0. The van der Waals surface area contributed by atoms with Gasteiger partial charge >= 0.3 is 0 Å². The molecule has 1 aliphatic carbocycles. The van der Waals surface area contributed by atoms with Crippen molar-refractivity contribution in [2.45, 2.75) is 33.3 Å². The third-order valence-electron chi connectivity index (χ3n) is 2.11. The van der Waals surface area contributed by atoms with Gasteiger partial charge in [-0.1, -0.05) is 32.9 Å². The van der Waals surface area contributed by atoms with E-state index in [4.69, 9.17) is 0 Å². The molecule has 1 N–H and O–H groups in total. The van der Waals surface area contributed by atoms with E-state index in [0.29, 0.717) is 5.92 Å². The predicted octanol–water partition coefficient (Wildman–Crippen LogP) is 1.97. The van der Waals surface area contributed by atoms with E-state index in [-0.39, 0.29) is 11.5 Å². The quantitative estimate of drug-likeness (QED) is 0.552. The van der Waals surface area contributed by atoms with Gasteiger partial charge in [-0.15, -0.1) is 0 Å². The van der Waals surface area contributed by atoms with Crippen LogP contribution in [0.1, 0.15) is 27.2 Å². The van der Waals surface area contributed by atoms with E-state index in [9.17, 15) is 5.11 Å². The Balaban J connectivity index is 2.50. The Hall–Kier alpha value is -0.300. The average molecular weight is 140 g/mol. The van der Waals surface area contributed by atoms with Gasteiger partial charge in [-0.25, -0.2) is 0 Å². The lowest BCUT2D eigenvalue weighted by atomic mass is 9.86. The van der Waals surface area contributed by atoms with E-state index >= 15 is 0 Å². The van der Waals surface area contributed by atoms with Crippen LogP contribution in [-0.4, -0.2) is 11.2 Å². The number of aliphatic hydroxyl groups excluding tert-OH is 1. The first-order valence-corrected chi connectivity index (χ1v) is 3.78. The highest BCUT2D eigenvalue weighted by atomic mass is 16.3. The highest BCUT2D eigenvalue weighted by molar-refractivity contribution is 5.22. The molecular formula is C9H16O. The molecule has 10 heavy (non-hydrogen) atoms. The van der Waals surface area contributed by atoms with Crippen LogP contribution in [0.2, 0.25) is 0 Å². The monoisotopic (exact) mass is 140 g/mol. The molecule has 1 rings (SSSR count).